The lowest BCUT2D eigenvalue weighted by molar-refractivity contribution is 0.0737. The van der Waals surface area contributed by atoms with Gasteiger partial charge >= 0.3 is 0 Å². The van der Waals surface area contributed by atoms with Gasteiger partial charge in [-0.15, -0.1) is 11.3 Å². The average molecular weight is 483 g/mol. The maximum absolute atomic E-state index is 13.0. The van der Waals surface area contributed by atoms with Crippen molar-refractivity contribution in [3.8, 4) is 22.6 Å². The van der Waals surface area contributed by atoms with Crippen LogP contribution in [-0.2, 0) is 13.2 Å². The van der Waals surface area contributed by atoms with E-state index in [1.165, 1.54) is 11.3 Å². The maximum Gasteiger partial charge on any atom is 0.265 e. The van der Waals surface area contributed by atoms with Gasteiger partial charge in [0.15, 0.2) is 11.5 Å². The summed E-state index contributed by atoms with van der Waals surface area (Å²) in [5.74, 6) is 1.30. The number of aromatic nitrogens is 1. The van der Waals surface area contributed by atoms with Gasteiger partial charge in [0.05, 0.1) is 18.3 Å². The lowest BCUT2D eigenvalue weighted by atomic mass is 10.0. The molecule has 8 heteroatoms. The Kier molecular flexibility index (Phi) is 6.12. The number of rotatable bonds is 5. The molecule has 0 radical (unpaired) electrons. The third-order valence-electron chi connectivity index (χ3n) is 5.16. The molecule has 0 N–H and O–H groups in total. The summed E-state index contributed by atoms with van der Waals surface area (Å²) in [4.78, 5) is 19.4. The van der Waals surface area contributed by atoms with Crippen LogP contribution in [0.3, 0.4) is 0 Å². The molecule has 1 amide bonds. The molecule has 32 heavy (non-hydrogen) atoms. The van der Waals surface area contributed by atoms with Crippen molar-refractivity contribution < 1.29 is 14.3 Å². The summed E-state index contributed by atoms with van der Waals surface area (Å²) in [6.45, 7) is 1.75. The van der Waals surface area contributed by atoms with Crippen LogP contribution in [0.4, 0.5) is 0 Å². The molecule has 1 aliphatic rings. The lowest BCUT2D eigenvalue weighted by Crippen LogP contribution is -2.31. The first kappa shape index (κ1) is 21.0. The topological polar surface area (TPSA) is 51.7 Å². The number of carbonyl (C=O) groups is 1. The lowest BCUT2D eigenvalue weighted by Gasteiger charge is -2.19. The van der Waals surface area contributed by atoms with Gasteiger partial charge in [-0.1, -0.05) is 23.7 Å². The van der Waals surface area contributed by atoms with Crippen LogP contribution in [0.1, 0.15) is 20.8 Å². The van der Waals surface area contributed by atoms with Gasteiger partial charge in [-0.2, -0.15) is 11.3 Å². The van der Waals surface area contributed by atoms with E-state index >= 15 is 0 Å². The van der Waals surface area contributed by atoms with Gasteiger partial charge in [-0.25, -0.2) is 0 Å². The molecule has 0 bridgehead atoms. The SMILES string of the molecule is O=C(c1cncs1)N1CCOc2c(cc(-c3cccc(Cl)c3)cc2OCc2ccsc2)C1. The monoisotopic (exact) mass is 482 g/mol. The maximum atomic E-state index is 13.0. The molecule has 0 saturated heterocycles. The summed E-state index contributed by atoms with van der Waals surface area (Å²) in [6.07, 6.45) is 1.61. The van der Waals surface area contributed by atoms with Crippen molar-refractivity contribution in [3.05, 3.63) is 86.0 Å². The molecule has 2 aromatic heterocycles. The van der Waals surface area contributed by atoms with E-state index in [9.17, 15) is 4.79 Å². The predicted octanol–water partition coefficient (Wildman–Crippen LogP) is 6.14. The predicted molar refractivity (Wildman–Crippen MR) is 128 cm³/mol. The Labute approximate surface area is 198 Å². The van der Waals surface area contributed by atoms with Crippen LogP contribution in [0.5, 0.6) is 11.5 Å². The summed E-state index contributed by atoms with van der Waals surface area (Å²) in [5.41, 5.74) is 5.61. The smallest absolute Gasteiger partial charge is 0.265 e. The van der Waals surface area contributed by atoms with E-state index in [4.69, 9.17) is 21.1 Å². The van der Waals surface area contributed by atoms with E-state index in [0.29, 0.717) is 47.7 Å². The van der Waals surface area contributed by atoms with Crippen LogP contribution in [0.15, 0.2) is 64.9 Å². The number of thiophene rings is 1. The van der Waals surface area contributed by atoms with Crippen molar-refractivity contribution in [2.75, 3.05) is 13.2 Å². The number of hydrogen-bond acceptors (Lipinski definition) is 6. The first-order valence-corrected chi connectivity index (χ1v) is 12.2. The van der Waals surface area contributed by atoms with Gasteiger partial charge in [-0.3, -0.25) is 9.78 Å². The van der Waals surface area contributed by atoms with Crippen molar-refractivity contribution in [2.24, 2.45) is 0 Å². The molecule has 5 rings (SSSR count). The van der Waals surface area contributed by atoms with E-state index in [1.807, 2.05) is 41.8 Å². The number of benzene rings is 2. The summed E-state index contributed by atoms with van der Waals surface area (Å²) >= 11 is 9.22. The third-order valence-corrected chi connectivity index (χ3v) is 6.89. The Hall–Kier alpha value is -2.87. The van der Waals surface area contributed by atoms with E-state index in [0.717, 1.165) is 22.3 Å². The molecule has 162 valence electrons. The van der Waals surface area contributed by atoms with E-state index < -0.39 is 0 Å². The summed E-state index contributed by atoms with van der Waals surface area (Å²) in [6, 6.07) is 13.8. The molecule has 2 aromatic carbocycles. The fourth-order valence-corrected chi connectivity index (χ4v) is 5.04. The number of amides is 1. The van der Waals surface area contributed by atoms with Crippen LogP contribution >= 0.6 is 34.3 Å². The molecule has 1 aliphatic heterocycles. The largest absolute Gasteiger partial charge is 0.487 e. The number of halogens is 1. The van der Waals surface area contributed by atoms with Crippen LogP contribution in [0, 0.1) is 0 Å². The Morgan fingerprint density at radius 1 is 1.22 bits per heavy atom. The zero-order valence-electron chi connectivity index (χ0n) is 17.0. The second-order valence-corrected chi connectivity index (χ2v) is 9.44. The van der Waals surface area contributed by atoms with Crippen molar-refractivity contribution in [2.45, 2.75) is 13.2 Å². The first-order valence-electron chi connectivity index (χ1n) is 10.0. The second kappa shape index (κ2) is 9.32. The average Bonchev–Trinajstić information content (AvgIpc) is 3.48. The molecule has 5 nitrogen and oxygen atoms in total. The molecule has 0 aliphatic carbocycles. The highest BCUT2D eigenvalue weighted by molar-refractivity contribution is 7.11. The van der Waals surface area contributed by atoms with E-state index in [1.54, 1.807) is 27.9 Å². The molecule has 3 heterocycles. The number of hydrogen-bond donors (Lipinski definition) is 0. The number of ether oxygens (including phenoxy) is 2. The number of fused-ring (bicyclic) bond motifs is 1. The summed E-state index contributed by atoms with van der Waals surface area (Å²) in [5, 5.41) is 4.76. The molecule has 0 unspecified atom stereocenters. The van der Waals surface area contributed by atoms with Crippen molar-refractivity contribution in [3.63, 3.8) is 0 Å². The van der Waals surface area contributed by atoms with Crippen LogP contribution in [0.2, 0.25) is 5.02 Å². The Bertz CT molecular complexity index is 1230. The van der Waals surface area contributed by atoms with Gasteiger partial charge in [0.25, 0.3) is 5.91 Å². The standard InChI is InChI=1S/C24H19ClN2O3S2/c25-20-3-1-2-17(9-20)18-8-19-12-27(24(28)22-11-26-15-32-22)5-6-29-23(19)21(10-18)30-13-16-4-7-31-14-16/h1-4,7-11,14-15H,5-6,12-13H2. The number of carbonyl (C=O) groups excluding carboxylic acids is 1. The van der Waals surface area contributed by atoms with E-state index in [-0.39, 0.29) is 5.91 Å². The third kappa shape index (κ3) is 4.50. The van der Waals surface area contributed by atoms with Crippen molar-refractivity contribution >= 4 is 40.2 Å². The summed E-state index contributed by atoms with van der Waals surface area (Å²) < 4.78 is 12.3. The minimum absolute atomic E-state index is 0.0437. The molecule has 0 saturated carbocycles. The zero-order chi connectivity index (χ0) is 21.9. The zero-order valence-corrected chi connectivity index (χ0v) is 19.4. The van der Waals surface area contributed by atoms with Crippen molar-refractivity contribution in [1.82, 2.24) is 9.88 Å². The molecular weight excluding hydrogens is 464 g/mol. The van der Waals surface area contributed by atoms with Crippen LogP contribution < -0.4 is 9.47 Å². The van der Waals surface area contributed by atoms with Gasteiger partial charge in [0.2, 0.25) is 0 Å². The number of nitrogens with zero attached hydrogens (tertiary/aromatic N) is 2. The summed E-state index contributed by atoms with van der Waals surface area (Å²) in [7, 11) is 0. The van der Waals surface area contributed by atoms with Gasteiger partial charge in [0.1, 0.15) is 18.1 Å². The molecule has 0 atom stereocenters. The second-order valence-electron chi connectivity index (χ2n) is 7.33. The first-order chi connectivity index (χ1) is 15.7. The fourth-order valence-electron chi connectivity index (χ4n) is 3.61. The molecular formula is C24H19ClN2O3S2. The normalized spacial score (nSPS) is 13.2. The van der Waals surface area contributed by atoms with Crippen LogP contribution in [-0.4, -0.2) is 28.9 Å². The van der Waals surface area contributed by atoms with Crippen molar-refractivity contribution in [1.29, 1.82) is 0 Å². The molecule has 4 aromatic rings. The fraction of sp³-hybridized carbons (Fsp3) is 0.167. The quantitative estimate of drug-likeness (QED) is 0.343. The number of thiazole rings is 1. The molecule has 0 spiro atoms. The van der Waals surface area contributed by atoms with Gasteiger partial charge < -0.3 is 14.4 Å². The van der Waals surface area contributed by atoms with Gasteiger partial charge in [0, 0.05) is 17.1 Å². The van der Waals surface area contributed by atoms with E-state index in [2.05, 4.69) is 16.4 Å². The Morgan fingerprint density at radius 2 is 2.16 bits per heavy atom. The van der Waals surface area contributed by atoms with Gasteiger partial charge in [-0.05, 0) is 57.8 Å². The minimum atomic E-state index is -0.0437. The Morgan fingerprint density at radius 3 is 2.94 bits per heavy atom. The van der Waals surface area contributed by atoms with Crippen LogP contribution in [0.25, 0.3) is 11.1 Å². The highest BCUT2D eigenvalue weighted by Gasteiger charge is 2.25. The molecule has 0 fully saturated rings. The minimum Gasteiger partial charge on any atom is -0.487 e. The highest BCUT2D eigenvalue weighted by atomic mass is 35.5. The Balaban J connectivity index is 1.53. The highest BCUT2D eigenvalue weighted by Crippen LogP contribution is 2.39.